The van der Waals surface area contributed by atoms with Crippen LogP contribution in [0.25, 0.3) is 0 Å². The standard InChI is InChI=1S/C15H14Cl3N3OS/c1-2-22-11-5-3-10(4-6-11)19-15(23)21-20-14-12(17)7-9(16)8-13(14)18/h3-8,20H,2H2,1H3,(H2,19,21,23). The Kier molecular flexibility index (Phi) is 6.59. The van der Waals surface area contributed by atoms with Crippen LogP contribution in [0.2, 0.25) is 15.1 Å². The van der Waals surface area contributed by atoms with Crippen LogP contribution in [-0.4, -0.2) is 11.7 Å². The van der Waals surface area contributed by atoms with Gasteiger partial charge >= 0.3 is 0 Å². The monoisotopic (exact) mass is 389 g/mol. The Balaban J connectivity index is 1.93. The van der Waals surface area contributed by atoms with Gasteiger partial charge in [-0.15, -0.1) is 0 Å². The number of benzene rings is 2. The zero-order valence-corrected chi connectivity index (χ0v) is 15.2. The van der Waals surface area contributed by atoms with Crippen molar-refractivity contribution in [3.05, 3.63) is 51.5 Å². The first kappa shape index (κ1) is 17.9. The zero-order chi connectivity index (χ0) is 16.8. The molecule has 0 fully saturated rings. The minimum Gasteiger partial charge on any atom is -0.494 e. The second kappa shape index (κ2) is 8.45. The van der Waals surface area contributed by atoms with Gasteiger partial charge in [0.1, 0.15) is 5.75 Å². The third-order valence-corrected chi connectivity index (χ3v) is 3.75. The summed E-state index contributed by atoms with van der Waals surface area (Å²) in [6.07, 6.45) is 0. The van der Waals surface area contributed by atoms with E-state index < -0.39 is 0 Å². The minimum absolute atomic E-state index is 0.358. The Morgan fingerprint density at radius 3 is 2.26 bits per heavy atom. The maximum Gasteiger partial charge on any atom is 0.189 e. The van der Waals surface area contributed by atoms with Gasteiger partial charge in [0.15, 0.2) is 5.11 Å². The third-order valence-electron chi connectivity index (χ3n) is 2.73. The lowest BCUT2D eigenvalue weighted by Gasteiger charge is -2.15. The van der Waals surface area contributed by atoms with Crippen molar-refractivity contribution >= 4 is 63.5 Å². The van der Waals surface area contributed by atoms with Crippen LogP contribution in [0.15, 0.2) is 36.4 Å². The summed E-state index contributed by atoms with van der Waals surface area (Å²) >= 11 is 23.2. The Bertz CT molecular complexity index is 672. The Labute approximate surface area is 155 Å². The second-order valence-electron chi connectivity index (χ2n) is 4.41. The van der Waals surface area contributed by atoms with Crippen molar-refractivity contribution in [3.8, 4) is 5.75 Å². The van der Waals surface area contributed by atoms with E-state index in [-0.39, 0.29) is 0 Å². The minimum atomic E-state index is 0.358. The van der Waals surface area contributed by atoms with Gasteiger partial charge in [0.25, 0.3) is 0 Å². The molecule has 0 bridgehead atoms. The molecule has 2 rings (SSSR count). The number of thiocarbonyl (C=S) groups is 1. The largest absolute Gasteiger partial charge is 0.494 e. The van der Waals surface area contributed by atoms with Crippen LogP contribution >= 0.6 is 47.0 Å². The molecule has 2 aromatic rings. The summed E-state index contributed by atoms with van der Waals surface area (Å²) in [6, 6.07) is 10.6. The van der Waals surface area contributed by atoms with Gasteiger partial charge < -0.3 is 10.1 Å². The highest BCUT2D eigenvalue weighted by Gasteiger charge is 2.08. The summed E-state index contributed by atoms with van der Waals surface area (Å²) in [5, 5.41) is 4.61. The van der Waals surface area contributed by atoms with Gasteiger partial charge in [-0.2, -0.15) is 0 Å². The summed E-state index contributed by atoms with van der Waals surface area (Å²) in [7, 11) is 0. The number of anilines is 2. The van der Waals surface area contributed by atoms with Crippen molar-refractivity contribution in [1.82, 2.24) is 5.43 Å². The highest BCUT2D eigenvalue weighted by Crippen LogP contribution is 2.33. The first-order valence-corrected chi connectivity index (χ1v) is 8.24. The fraction of sp³-hybridized carbons (Fsp3) is 0.133. The maximum absolute atomic E-state index is 6.08. The van der Waals surface area contributed by atoms with E-state index in [1.54, 1.807) is 12.1 Å². The number of hydrogen-bond acceptors (Lipinski definition) is 3. The normalized spacial score (nSPS) is 10.1. The van der Waals surface area contributed by atoms with Gasteiger partial charge in [0.05, 0.1) is 22.3 Å². The third kappa shape index (κ3) is 5.32. The molecule has 0 aliphatic rings. The smallest absolute Gasteiger partial charge is 0.189 e. The fourth-order valence-corrected chi connectivity index (χ4v) is 2.82. The van der Waals surface area contributed by atoms with E-state index in [1.165, 1.54) is 0 Å². The summed E-state index contributed by atoms with van der Waals surface area (Å²) in [6.45, 7) is 2.56. The van der Waals surface area contributed by atoms with Gasteiger partial charge in [-0.25, -0.2) is 0 Å². The van der Waals surface area contributed by atoms with Gasteiger partial charge in [-0.1, -0.05) is 34.8 Å². The number of hydrogen-bond donors (Lipinski definition) is 3. The van der Waals surface area contributed by atoms with E-state index in [4.69, 9.17) is 51.8 Å². The molecule has 0 heterocycles. The molecule has 0 aliphatic carbocycles. The lowest BCUT2D eigenvalue weighted by Crippen LogP contribution is -2.33. The summed E-state index contributed by atoms with van der Waals surface area (Å²) in [5.41, 5.74) is 6.99. The van der Waals surface area contributed by atoms with Crippen molar-refractivity contribution in [2.45, 2.75) is 6.92 Å². The molecule has 0 aliphatic heterocycles. The van der Waals surface area contributed by atoms with E-state index in [0.29, 0.717) is 32.5 Å². The predicted octanol–water partition coefficient (Wildman–Crippen LogP) is 5.36. The lowest BCUT2D eigenvalue weighted by molar-refractivity contribution is 0.340. The van der Waals surface area contributed by atoms with Crippen molar-refractivity contribution in [2.75, 3.05) is 17.3 Å². The second-order valence-corrected chi connectivity index (χ2v) is 6.07. The lowest BCUT2D eigenvalue weighted by atomic mass is 10.3. The van der Waals surface area contributed by atoms with Crippen molar-refractivity contribution in [3.63, 3.8) is 0 Å². The van der Waals surface area contributed by atoms with Crippen LogP contribution in [0.5, 0.6) is 5.75 Å². The zero-order valence-electron chi connectivity index (χ0n) is 12.1. The molecule has 4 nitrogen and oxygen atoms in total. The van der Waals surface area contributed by atoms with Gasteiger partial charge in [-0.05, 0) is 55.5 Å². The molecule has 3 N–H and O–H groups in total. The van der Waals surface area contributed by atoms with Gasteiger partial charge in [0, 0.05) is 10.7 Å². The Morgan fingerprint density at radius 2 is 1.70 bits per heavy atom. The van der Waals surface area contributed by atoms with E-state index in [0.717, 1.165) is 11.4 Å². The summed E-state index contributed by atoms with van der Waals surface area (Å²) < 4.78 is 5.38. The molecule has 0 saturated carbocycles. The van der Waals surface area contributed by atoms with Gasteiger partial charge in [0.2, 0.25) is 0 Å². The number of nitrogens with one attached hydrogen (secondary N) is 3. The highest BCUT2D eigenvalue weighted by atomic mass is 35.5. The van der Waals surface area contributed by atoms with E-state index >= 15 is 0 Å². The molecule has 122 valence electrons. The Morgan fingerprint density at radius 1 is 1.09 bits per heavy atom. The highest BCUT2D eigenvalue weighted by molar-refractivity contribution is 7.80. The SMILES string of the molecule is CCOc1ccc(NC(=S)NNc2c(Cl)cc(Cl)cc2Cl)cc1. The molecule has 0 amide bonds. The van der Waals surface area contributed by atoms with Gasteiger partial charge in [-0.3, -0.25) is 10.9 Å². The van der Waals surface area contributed by atoms with E-state index in [9.17, 15) is 0 Å². The van der Waals surface area contributed by atoms with Crippen LogP contribution in [-0.2, 0) is 0 Å². The molecule has 23 heavy (non-hydrogen) atoms. The molecular weight excluding hydrogens is 377 g/mol. The van der Waals surface area contributed by atoms with E-state index in [2.05, 4.69) is 16.2 Å². The van der Waals surface area contributed by atoms with Crippen LogP contribution in [0, 0.1) is 0 Å². The maximum atomic E-state index is 6.08. The number of rotatable bonds is 5. The van der Waals surface area contributed by atoms with Crippen LogP contribution in [0.4, 0.5) is 11.4 Å². The van der Waals surface area contributed by atoms with Crippen molar-refractivity contribution in [1.29, 1.82) is 0 Å². The molecule has 0 unspecified atom stereocenters. The molecule has 8 heteroatoms. The number of ether oxygens (including phenoxy) is 1. The fourth-order valence-electron chi connectivity index (χ4n) is 1.74. The number of hydrazine groups is 1. The molecular formula is C15H14Cl3N3OS. The average Bonchev–Trinajstić information content (AvgIpc) is 2.48. The van der Waals surface area contributed by atoms with E-state index in [1.807, 2.05) is 31.2 Å². The first-order chi connectivity index (χ1) is 11.0. The van der Waals surface area contributed by atoms with Crippen molar-refractivity contribution in [2.24, 2.45) is 0 Å². The van der Waals surface area contributed by atoms with Crippen LogP contribution in [0.1, 0.15) is 6.92 Å². The molecule has 0 spiro atoms. The quantitative estimate of drug-likeness (QED) is 0.474. The molecule has 0 aromatic heterocycles. The van der Waals surface area contributed by atoms with Crippen molar-refractivity contribution < 1.29 is 4.74 Å². The topological polar surface area (TPSA) is 45.3 Å². The molecule has 2 aromatic carbocycles. The van der Waals surface area contributed by atoms with Crippen LogP contribution in [0.3, 0.4) is 0 Å². The molecule has 0 radical (unpaired) electrons. The summed E-state index contributed by atoms with van der Waals surface area (Å²) in [5.74, 6) is 0.801. The Hall–Kier alpha value is -1.40. The predicted molar refractivity (Wildman–Crippen MR) is 102 cm³/mol. The number of halogens is 3. The molecule has 0 atom stereocenters. The first-order valence-electron chi connectivity index (χ1n) is 6.70. The van der Waals surface area contributed by atoms with Crippen LogP contribution < -0.4 is 20.9 Å². The summed E-state index contributed by atoms with van der Waals surface area (Å²) in [4.78, 5) is 0. The average molecular weight is 391 g/mol. The molecule has 0 saturated heterocycles.